The van der Waals surface area contributed by atoms with Gasteiger partial charge in [-0.05, 0) is 39.0 Å². The van der Waals surface area contributed by atoms with Gasteiger partial charge in [0.2, 0.25) is 6.29 Å². The van der Waals surface area contributed by atoms with Crippen molar-refractivity contribution < 1.29 is 9.47 Å². The van der Waals surface area contributed by atoms with Crippen LogP contribution in [0.2, 0.25) is 5.02 Å². The van der Waals surface area contributed by atoms with Crippen molar-refractivity contribution in [3.8, 4) is 0 Å². The highest BCUT2D eigenvalue weighted by molar-refractivity contribution is 6.31. The number of rotatable bonds is 6. The molecule has 1 heterocycles. The van der Waals surface area contributed by atoms with Gasteiger partial charge in [-0.15, -0.1) is 0 Å². The van der Waals surface area contributed by atoms with Gasteiger partial charge in [0.15, 0.2) is 5.82 Å². The molecule has 0 saturated heterocycles. The summed E-state index contributed by atoms with van der Waals surface area (Å²) in [5.74, 6) is 0.795. The molecule has 2 aromatic rings. The molecular formula is C14H19ClN2O2. The molecule has 4 nitrogen and oxygen atoms in total. The first-order valence-electron chi connectivity index (χ1n) is 6.60. The number of aryl methyl sites for hydroxylation is 1. The van der Waals surface area contributed by atoms with Crippen LogP contribution in [-0.4, -0.2) is 22.8 Å². The van der Waals surface area contributed by atoms with Crippen molar-refractivity contribution in [3.05, 3.63) is 29.0 Å². The van der Waals surface area contributed by atoms with Crippen LogP contribution < -0.4 is 0 Å². The average molecular weight is 283 g/mol. The van der Waals surface area contributed by atoms with Crippen molar-refractivity contribution in [1.82, 2.24) is 9.55 Å². The fourth-order valence-corrected chi connectivity index (χ4v) is 2.29. The Morgan fingerprint density at radius 1 is 1.21 bits per heavy atom. The van der Waals surface area contributed by atoms with Crippen LogP contribution in [0, 0.1) is 0 Å². The number of hydrogen-bond donors (Lipinski definition) is 0. The van der Waals surface area contributed by atoms with E-state index < -0.39 is 6.29 Å². The van der Waals surface area contributed by atoms with E-state index in [1.807, 2.05) is 32.0 Å². The third kappa shape index (κ3) is 2.91. The SMILES string of the molecule is CCOC(OCC)c1nc2ccc(Cl)cc2n1CC. The molecule has 0 saturated carbocycles. The van der Waals surface area contributed by atoms with Gasteiger partial charge in [0.25, 0.3) is 0 Å². The first-order chi connectivity index (χ1) is 9.21. The molecule has 0 aliphatic rings. The molecule has 0 fully saturated rings. The number of ether oxygens (including phenoxy) is 2. The van der Waals surface area contributed by atoms with E-state index in [0.717, 1.165) is 23.4 Å². The Morgan fingerprint density at radius 3 is 2.47 bits per heavy atom. The molecule has 0 radical (unpaired) electrons. The van der Waals surface area contributed by atoms with Crippen molar-refractivity contribution in [1.29, 1.82) is 0 Å². The van der Waals surface area contributed by atoms with Crippen LogP contribution in [0.5, 0.6) is 0 Å². The summed E-state index contributed by atoms with van der Waals surface area (Å²) in [5.41, 5.74) is 1.92. The molecule has 0 bridgehead atoms. The van der Waals surface area contributed by atoms with Gasteiger partial charge in [0.1, 0.15) is 0 Å². The number of benzene rings is 1. The normalized spacial score (nSPS) is 11.6. The molecule has 1 aromatic carbocycles. The smallest absolute Gasteiger partial charge is 0.217 e. The maximum atomic E-state index is 6.06. The van der Waals surface area contributed by atoms with E-state index in [1.54, 1.807) is 0 Å². The first-order valence-corrected chi connectivity index (χ1v) is 6.97. The van der Waals surface area contributed by atoms with Gasteiger partial charge in [-0.25, -0.2) is 4.98 Å². The van der Waals surface area contributed by atoms with E-state index in [1.165, 1.54) is 0 Å². The number of fused-ring (bicyclic) bond motifs is 1. The highest BCUT2D eigenvalue weighted by Crippen LogP contribution is 2.26. The summed E-state index contributed by atoms with van der Waals surface area (Å²) in [6.45, 7) is 7.92. The van der Waals surface area contributed by atoms with Crippen LogP contribution in [0.15, 0.2) is 18.2 Å². The second-order valence-electron chi connectivity index (χ2n) is 4.09. The van der Waals surface area contributed by atoms with Gasteiger partial charge in [-0.3, -0.25) is 0 Å². The Labute approximate surface area is 118 Å². The maximum absolute atomic E-state index is 6.06. The minimum absolute atomic E-state index is 0.430. The van der Waals surface area contributed by atoms with Gasteiger partial charge in [0, 0.05) is 24.8 Å². The number of nitrogens with zero attached hydrogens (tertiary/aromatic N) is 2. The van der Waals surface area contributed by atoms with E-state index in [0.29, 0.717) is 18.2 Å². The van der Waals surface area contributed by atoms with Crippen molar-refractivity contribution >= 4 is 22.6 Å². The van der Waals surface area contributed by atoms with Gasteiger partial charge >= 0.3 is 0 Å². The zero-order valence-corrected chi connectivity index (χ0v) is 12.3. The van der Waals surface area contributed by atoms with Crippen LogP contribution in [0.25, 0.3) is 11.0 Å². The predicted molar refractivity (Wildman–Crippen MR) is 76.4 cm³/mol. The van der Waals surface area contributed by atoms with Gasteiger partial charge < -0.3 is 14.0 Å². The topological polar surface area (TPSA) is 36.3 Å². The molecule has 0 N–H and O–H groups in total. The van der Waals surface area contributed by atoms with Crippen molar-refractivity contribution in [2.45, 2.75) is 33.6 Å². The Balaban J connectivity index is 2.51. The van der Waals surface area contributed by atoms with Gasteiger partial charge in [0.05, 0.1) is 11.0 Å². The average Bonchev–Trinajstić information content (AvgIpc) is 2.76. The van der Waals surface area contributed by atoms with E-state index in [9.17, 15) is 0 Å². The fourth-order valence-electron chi connectivity index (χ4n) is 2.13. The second kappa shape index (κ2) is 6.37. The molecule has 0 atom stereocenters. The number of halogens is 1. The minimum Gasteiger partial charge on any atom is -0.346 e. The number of hydrogen-bond acceptors (Lipinski definition) is 3. The molecule has 104 valence electrons. The van der Waals surface area contributed by atoms with Gasteiger partial charge in [-0.1, -0.05) is 11.6 Å². The van der Waals surface area contributed by atoms with Crippen LogP contribution in [0.3, 0.4) is 0 Å². The summed E-state index contributed by atoms with van der Waals surface area (Å²) in [6.07, 6.45) is -0.430. The molecule has 0 aliphatic carbocycles. The van der Waals surface area contributed by atoms with Crippen LogP contribution in [0.1, 0.15) is 32.9 Å². The zero-order valence-electron chi connectivity index (χ0n) is 11.5. The third-order valence-electron chi connectivity index (χ3n) is 2.90. The van der Waals surface area contributed by atoms with Crippen LogP contribution in [-0.2, 0) is 16.0 Å². The first kappa shape index (κ1) is 14.3. The lowest BCUT2D eigenvalue weighted by molar-refractivity contribution is -0.146. The van der Waals surface area contributed by atoms with Crippen molar-refractivity contribution in [3.63, 3.8) is 0 Å². The van der Waals surface area contributed by atoms with Gasteiger partial charge in [-0.2, -0.15) is 0 Å². The molecule has 19 heavy (non-hydrogen) atoms. The Bertz CT molecular complexity index is 548. The predicted octanol–water partition coefficient (Wildman–Crippen LogP) is 3.78. The largest absolute Gasteiger partial charge is 0.346 e. The zero-order chi connectivity index (χ0) is 13.8. The highest BCUT2D eigenvalue weighted by atomic mass is 35.5. The molecule has 5 heteroatoms. The highest BCUT2D eigenvalue weighted by Gasteiger charge is 2.20. The summed E-state index contributed by atoms with van der Waals surface area (Å²) in [7, 11) is 0. The summed E-state index contributed by atoms with van der Waals surface area (Å²) >= 11 is 6.06. The number of aromatic nitrogens is 2. The van der Waals surface area contributed by atoms with Crippen molar-refractivity contribution in [2.75, 3.05) is 13.2 Å². The van der Waals surface area contributed by atoms with E-state index in [2.05, 4.69) is 16.5 Å². The van der Waals surface area contributed by atoms with Crippen LogP contribution >= 0.6 is 11.6 Å². The fraction of sp³-hybridized carbons (Fsp3) is 0.500. The molecule has 0 amide bonds. The molecule has 2 rings (SSSR count). The summed E-state index contributed by atoms with van der Waals surface area (Å²) < 4.78 is 13.3. The standard InChI is InChI=1S/C14H19ClN2O2/c1-4-17-12-9-10(15)7-8-11(12)16-13(17)14(18-5-2)19-6-3/h7-9,14H,4-6H2,1-3H3. The Kier molecular flexibility index (Phi) is 4.80. The molecule has 0 unspecified atom stereocenters. The quantitative estimate of drug-likeness (QED) is 0.757. The minimum atomic E-state index is -0.430. The summed E-state index contributed by atoms with van der Waals surface area (Å²) in [4.78, 5) is 4.62. The van der Waals surface area contributed by atoms with E-state index in [4.69, 9.17) is 21.1 Å². The van der Waals surface area contributed by atoms with Crippen LogP contribution in [0.4, 0.5) is 0 Å². The Morgan fingerprint density at radius 2 is 1.89 bits per heavy atom. The third-order valence-corrected chi connectivity index (χ3v) is 3.14. The molecule has 1 aromatic heterocycles. The molecule has 0 spiro atoms. The van der Waals surface area contributed by atoms with E-state index in [-0.39, 0.29) is 0 Å². The lowest BCUT2D eigenvalue weighted by Gasteiger charge is -2.17. The second-order valence-corrected chi connectivity index (χ2v) is 4.53. The number of imidazole rings is 1. The van der Waals surface area contributed by atoms with Crippen molar-refractivity contribution in [2.24, 2.45) is 0 Å². The molecular weight excluding hydrogens is 264 g/mol. The maximum Gasteiger partial charge on any atom is 0.217 e. The van der Waals surface area contributed by atoms with E-state index >= 15 is 0 Å². The lowest BCUT2D eigenvalue weighted by atomic mass is 10.3. The molecule has 0 aliphatic heterocycles. The summed E-state index contributed by atoms with van der Waals surface area (Å²) in [6, 6.07) is 5.69. The summed E-state index contributed by atoms with van der Waals surface area (Å²) in [5, 5.41) is 0.706. The Hall–Kier alpha value is -1.10. The monoisotopic (exact) mass is 282 g/mol. The lowest BCUT2D eigenvalue weighted by Crippen LogP contribution is -2.15.